The number of ether oxygens (including phenoxy) is 2. The predicted octanol–water partition coefficient (Wildman–Crippen LogP) is 0.896. The highest BCUT2D eigenvalue weighted by Crippen LogP contribution is 2.86. The van der Waals surface area contributed by atoms with Crippen molar-refractivity contribution in [1.29, 1.82) is 0 Å². The van der Waals surface area contributed by atoms with Crippen LogP contribution in [0.5, 0.6) is 0 Å². The van der Waals surface area contributed by atoms with Crippen LogP contribution in [0.2, 0.25) is 0 Å². The Balaban J connectivity index is 1.45. The average molecular weight is 501 g/mol. The highest BCUT2D eigenvalue weighted by Gasteiger charge is 2.92. The van der Waals surface area contributed by atoms with E-state index in [0.29, 0.717) is 30.4 Å². The number of hydrogen-bond acceptors (Lipinski definition) is 8. The van der Waals surface area contributed by atoms with Crippen LogP contribution in [0.3, 0.4) is 0 Å². The average Bonchev–Trinajstić information content (AvgIpc) is 3.37. The first-order valence-electron chi connectivity index (χ1n) is 12.9. The lowest BCUT2D eigenvalue weighted by molar-refractivity contribution is -0.190. The summed E-state index contributed by atoms with van der Waals surface area (Å²) in [6, 6.07) is 0. The Labute approximate surface area is 208 Å². The summed E-state index contributed by atoms with van der Waals surface area (Å²) in [7, 11) is 1.38. The first-order chi connectivity index (χ1) is 16.8. The smallest absolute Gasteiger partial charge is 0.306 e. The number of aliphatic hydroxyl groups is 3. The van der Waals surface area contributed by atoms with Crippen molar-refractivity contribution < 1.29 is 44.3 Å². The molecule has 4 N–H and O–H groups in total. The molecule has 9 nitrogen and oxygen atoms in total. The maximum atomic E-state index is 14.4. The monoisotopic (exact) mass is 500 g/mol. The number of aliphatic hydroxyl groups excluding tert-OH is 3. The lowest BCUT2D eigenvalue weighted by Crippen LogP contribution is -2.72. The normalized spacial score (nSPS) is 53.5. The molecule has 6 fully saturated rings. The first-order valence-corrected chi connectivity index (χ1v) is 12.9. The minimum absolute atomic E-state index is 0.0105. The van der Waals surface area contributed by atoms with Crippen molar-refractivity contribution in [2.45, 2.75) is 82.9 Å². The van der Waals surface area contributed by atoms with E-state index in [2.05, 4.69) is 0 Å². The number of methoxy groups -OCH3 is 1. The van der Waals surface area contributed by atoms with Gasteiger partial charge in [0, 0.05) is 33.8 Å². The Morgan fingerprint density at radius 3 is 2.42 bits per heavy atom. The molecule has 36 heavy (non-hydrogen) atoms. The molecule has 0 radical (unpaired) electrons. The van der Waals surface area contributed by atoms with Crippen molar-refractivity contribution in [1.82, 2.24) is 0 Å². The predicted molar refractivity (Wildman–Crippen MR) is 121 cm³/mol. The van der Waals surface area contributed by atoms with E-state index in [-0.39, 0.29) is 35.9 Å². The number of hydrogen-bond donors (Lipinski definition) is 4. The van der Waals surface area contributed by atoms with Gasteiger partial charge in [-0.25, -0.2) is 0 Å². The molecular weight excluding hydrogens is 468 g/mol. The molecule has 0 unspecified atom stereocenters. The minimum Gasteiger partial charge on any atom is -0.493 e. The lowest BCUT2D eigenvalue weighted by atomic mass is 9.34. The molecule has 0 aromatic carbocycles. The summed E-state index contributed by atoms with van der Waals surface area (Å²) in [5.41, 5.74) is -4.51. The van der Waals surface area contributed by atoms with Gasteiger partial charge in [0.05, 0.1) is 36.8 Å². The molecule has 194 valence electrons. The van der Waals surface area contributed by atoms with Gasteiger partial charge in [-0.05, 0) is 37.2 Å². The largest absolute Gasteiger partial charge is 0.493 e. The Hall–Kier alpha value is -2.07. The fraction of sp³-hybridized carbons (Fsp3) is 0.741. The van der Waals surface area contributed by atoms with Gasteiger partial charge in [0.1, 0.15) is 11.7 Å². The lowest BCUT2D eigenvalue weighted by Gasteiger charge is -2.65. The molecule has 2 saturated heterocycles. The van der Waals surface area contributed by atoms with Crippen molar-refractivity contribution in [2.75, 3.05) is 7.11 Å². The molecular formula is C27H32O9. The Morgan fingerprint density at radius 1 is 1.11 bits per heavy atom. The molecule has 4 saturated carbocycles. The topological polar surface area (TPSA) is 151 Å². The van der Waals surface area contributed by atoms with Crippen molar-refractivity contribution in [3.05, 3.63) is 22.5 Å². The summed E-state index contributed by atoms with van der Waals surface area (Å²) in [4.78, 5) is 40.3. The van der Waals surface area contributed by atoms with Gasteiger partial charge in [-0.2, -0.15) is 0 Å². The van der Waals surface area contributed by atoms with Crippen molar-refractivity contribution >= 4 is 17.5 Å². The summed E-state index contributed by atoms with van der Waals surface area (Å²) in [5, 5.41) is 43.8. The Kier molecular flexibility index (Phi) is 3.94. The van der Waals surface area contributed by atoms with Crippen LogP contribution in [0, 0.1) is 33.5 Å². The number of carbonyl (C=O) groups excluding carboxylic acids is 2. The molecule has 0 amide bonds. The third-order valence-electron chi connectivity index (χ3n) is 11.6. The number of aliphatic carboxylic acids is 1. The maximum absolute atomic E-state index is 14.4. The van der Waals surface area contributed by atoms with Gasteiger partial charge in [0.2, 0.25) is 5.78 Å². The second-order valence-electron chi connectivity index (χ2n) is 12.9. The molecule has 9 heteroatoms. The summed E-state index contributed by atoms with van der Waals surface area (Å²) in [6.45, 7) is 5.61. The first kappa shape index (κ1) is 23.1. The fourth-order valence-corrected chi connectivity index (χ4v) is 10.3. The van der Waals surface area contributed by atoms with Crippen molar-refractivity contribution in [3.8, 4) is 0 Å². The van der Waals surface area contributed by atoms with Gasteiger partial charge in [0.15, 0.2) is 11.5 Å². The molecule has 2 heterocycles. The molecule has 6 aliphatic carbocycles. The molecule has 10 atom stereocenters. The molecule has 8 aliphatic rings. The summed E-state index contributed by atoms with van der Waals surface area (Å²) in [5.74, 6) is -2.71. The summed E-state index contributed by atoms with van der Waals surface area (Å²) in [6.07, 6.45) is -2.56. The van der Waals surface area contributed by atoms with Gasteiger partial charge >= 0.3 is 5.97 Å². The van der Waals surface area contributed by atoms with Crippen molar-refractivity contribution in [2.24, 2.45) is 33.5 Å². The highest BCUT2D eigenvalue weighted by molar-refractivity contribution is 6.19. The third kappa shape index (κ3) is 1.90. The minimum atomic E-state index is -1.52. The van der Waals surface area contributed by atoms with Gasteiger partial charge in [0.25, 0.3) is 0 Å². The highest BCUT2D eigenvalue weighted by atomic mass is 16.6. The van der Waals surface area contributed by atoms with Gasteiger partial charge in [-0.3, -0.25) is 14.4 Å². The van der Waals surface area contributed by atoms with Gasteiger partial charge < -0.3 is 29.9 Å². The van der Waals surface area contributed by atoms with Crippen LogP contribution in [0.4, 0.5) is 0 Å². The van der Waals surface area contributed by atoms with E-state index in [1.54, 1.807) is 0 Å². The van der Waals surface area contributed by atoms with E-state index >= 15 is 0 Å². The Morgan fingerprint density at radius 2 is 1.81 bits per heavy atom. The van der Waals surface area contributed by atoms with E-state index in [4.69, 9.17) is 9.47 Å². The Bertz CT molecular complexity index is 1250. The number of fused-ring (bicyclic) bond motifs is 2. The van der Waals surface area contributed by atoms with Crippen LogP contribution < -0.4 is 0 Å². The van der Waals surface area contributed by atoms with Gasteiger partial charge in [-0.15, -0.1) is 0 Å². The quantitative estimate of drug-likeness (QED) is 0.443. The number of ketones is 2. The van der Waals surface area contributed by atoms with Crippen LogP contribution in [-0.2, 0) is 23.9 Å². The van der Waals surface area contributed by atoms with E-state index in [0.717, 1.165) is 0 Å². The summed E-state index contributed by atoms with van der Waals surface area (Å²) < 4.78 is 12.0. The number of carboxylic acids is 1. The van der Waals surface area contributed by atoms with E-state index in [1.807, 2.05) is 20.8 Å². The number of Topliss-reactive ketones (excluding diaryl/α,β-unsaturated/α-hetero) is 2. The van der Waals surface area contributed by atoms with E-state index in [9.17, 15) is 34.8 Å². The molecule has 2 spiro atoms. The molecule has 2 aliphatic heterocycles. The van der Waals surface area contributed by atoms with E-state index < -0.39 is 69.3 Å². The van der Waals surface area contributed by atoms with Gasteiger partial charge in [-0.1, -0.05) is 20.8 Å². The van der Waals surface area contributed by atoms with Crippen LogP contribution in [0.25, 0.3) is 0 Å². The zero-order valence-electron chi connectivity index (χ0n) is 20.8. The second kappa shape index (κ2) is 6.14. The maximum Gasteiger partial charge on any atom is 0.306 e. The van der Waals surface area contributed by atoms with Crippen molar-refractivity contribution in [3.63, 3.8) is 0 Å². The second-order valence-corrected chi connectivity index (χ2v) is 12.9. The summed E-state index contributed by atoms with van der Waals surface area (Å²) >= 11 is 0. The number of carboxylic acid groups (broad SMARTS) is 1. The standard InChI is InChI=1S/C27H32O9/c1-23(2)18-17(35-4)16(30)15-10(19(31)26(18)8-13(28)20(23)36-26)5-6-24(3)25(12-7-11(12)21(32)33)9-14(29)27(15,24)22(25)34/h11-14,19-20,28-29,31H,5-9H2,1-4H3,(H,32,33)/t11-,12-,13-,14+,19+,20+,24+,25+,26-,27-/m1/s1. The van der Waals surface area contributed by atoms with E-state index in [1.165, 1.54) is 7.11 Å². The number of allylic oxidation sites excluding steroid dienone is 1. The number of rotatable bonds is 3. The third-order valence-corrected chi connectivity index (χ3v) is 11.6. The molecule has 8 rings (SSSR count). The van der Waals surface area contributed by atoms with Crippen LogP contribution in [0.1, 0.15) is 52.9 Å². The van der Waals surface area contributed by atoms with Crippen LogP contribution in [0.15, 0.2) is 22.5 Å². The van der Waals surface area contributed by atoms with Crippen LogP contribution >= 0.6 is 0 Å². The molecule has 0 aromatic rings. The van der Waals surface area contributed by atoms with Crippen LogP contribution in [-0.4, -0.2) is 75.1 Å². The fourth-order valence-electron chi connectivity index (χ4n) is 10.3. The molecule has 0 aromatic heterocycles. The molecule has 4 bridgehead atoms. The SMILES string of the molecule is COC1=C2C(C)(C)[C@H]3O[C@@]2(C[C@H]3O)[C@@H](O)C2=C(C1=O)[C@@]13C(=O)[C@@]([C@@H]4C[C@H]4C(=O)O)(C[C@@H]1O)[C@]3(C)CC2. The zero-order valence-corrected chi connectivity index (χ0v) is 20.8. The zero-order chi connectivity index (χ0) is 26.0. The number of carbonyl (C=O) groups is 3.